The Morgan fingerprint density at radius 3 is 2.74 bits per heavy atom. The number of thiazole rings is 1. The molecule has 2 amide bonds. The van der Waals surface area contributed by atoms with Crippen molar-refractivity contribution in [2.24, 2.45) is 5.92 Å². The highest BCUT2D eigenvalue weighted by Gasteiger charge is 2.31. The van der Waals surface area contributed by atoms with Crippen molar-refractivity contribution in [2.45, 2.75) is 45.1 Å². The molecule has 0 unspecified atom stereocenters. The second-order valence-corrected chi connectivity index (χ2v) is 10.1. The van der Waals surface area contributed by atoms with Crippen LogP contribution in [0, 0.1) is 12.8 Å². The van der Waals surface area contributed by atoms with E-state index >= 15 is 0 Å². The van der Waals surface area contributed by atoms with Crippen LogP contribution in [0.25, 0.3) is 11.1 Å². The number of aromatic nitrogens is 3. The minimum absolute atomic E-state index is 0.0334. The molecule has 0 aliphatic heterocycles. The number of ether oxygens (including phenoxy) is 1. The summed E-state index contributed by atoms with van der Waals surface area (Å²) in [5, 5.41) is 6.83. The van der Waals surface area contributed by atoms with E-state index in [-0.39, 0.29) is 17.7 Å². The van der Waals surface area contributed by atoms with Crippen LogP contribution in [0.3, 0.4) is 0 Å². The van der Waals surface area contributed by atoms with Gasteiger partial charge in [-0.25, -0.2) is 9.97 Å². The van der Waals surface area contributed by atoms with Gasteiger partial charge in [-0.1, -0.05) is 11.6 Å². The topological polar surface area (TPSA) is 106 Å². The first-order valence-corrected chi connectivity index (χ1v) is 12.4. The van der Waals surface area contributed by atoms with Gasteiger partial charge in [-0.2, -0.15) is 0 Å². The van der Waals surface area contributed by atoms with Gasteiger partial charge in [0.2, 0.25) is 5.91 Å². The highest BCUT2D eigenvalue weighted by atomic mass is 35.5. The molecule has 1 fully saturated rings. The molecular weight excluding hydrogens is 474 g/mol. The molecule has 176 valence electrons. The quantitative estimate of drug-likeness (QED) is 0.494. The maximum Gasteiger partial charge on any atom is 0.259 e. The summed E-state index contributed by atoms with van der Waals surface area (Å²) in [4.78, 5) is 39.8. The minimum Gasteiger partial charge on any atom is -0.494 e. The molecular formula is C24H24ClN5O3S. The first kappa shape index (κ1) is 22.7. The fourth-order valence-electron chi connectivity index (χ4n) is 4.12. The second-order valence-electron chi connectivity index (χ2n) is 8.64. The van der Waals surface area contributed by atoms with Crippen LogP contribution in [0.1, 0.15) is 45.9 Å². The normalized spacial score (nSPS) is 17.1. The molecule has 0 spiro atoms. The number of pyridine rings is 2. The highest BCUT2D eigenvalue weighted by molar-refractivity contribution is 7.15. The molecule has 5 rings (SSSR count). The number of rotatable bonds is 6. The van der Waals surface area contributed by atoms with Crippen molar-refractivity contribution in [3.05, 3.63) is 51.5 Å². The van der Waals surface area contributed by atoms with E-state index in [0.717, 1.165) is 41.9 Å². The second kappa shape index (κ2) is 9.31. The van der Waals surface area contributed by atoms with Crippen LogP contribution in [0.2, 0.25) is 5.15 Å². The number of nitrogens with one attached hydrogen (secondary N) is 2. The monoisotopic (exact) mass is 497 g/mol. The zero-order valence-corrected chi connectivity index (χ0v) is 20.4. The summed E-state index contributed by atoms with van der Waals surface area (Å²) in [5.74, 6) is 0.275. The largest absolute Gasteiger partial charge is 0.494 e. The molecule has 0 bridgehead atoms. The zero-order chi connectivity index (χ0) is 23.8. The number of amides is 2. The third-order valence-electron chi connectivity index (χ3n) is 6.08. The fourth-order valence-corrected chi connectivity index (χ4v) is 5.36. The van der Waals surface area contributed by atoms with Crippen molar-refractivity contribution in [1.29, 1.82) is 0 Å². The van der Waals surface area contributed by atoms with Gasteiger partial charge in [-0.15, -0.1) is 11.3 Å². The van der Waals surface area contributed by atoms with Crippen LogP contribution in [0.4, 0.5) is 5.13 Å². The molecule has 0 saturated heterocycles. The van der Waals surface area contributed by atoms with Gasteiger partial charge in [-0.05, 0) is 51.2 Å². The number of methoxy groups -OCH3 is 1. The van der Waals surface area contributed by atoms with E-state index in [1.54, 1.807) is 19.4 Å². The van der Waals surface area contributed by atoms with E-state index in [0.29, 0.717) is 45.2 Å². The Kier molecular flexibility index (Phi) is 6.22. The number of carbonyl (C=O) groups is 2. The van der Waals surface area contributed by atoms with E-state index < -0.39 is 0 Å². The zero-order valence-electron chi connectivity index (χ0n) is 18.9. The lowest BCUT2D eigenvalue weighted by Gasteiger charge is -2.20. The average Bonchev–Trinajstić information content (AvgIpc) is 3.54. The van der Waals surface area contributed by atoms with E-state index in [1.807, 2.05) is 13.0 Å². The number of carbonyl (C=O) groups excluding carboxylic acids is 2. The molecule has 34 heavy (non-hydrogen) atoms. The molecule has 3 aromatic rings. The van der Waals surface area contributed by atoms with Crippen molar-refractivity contribution in [3.63, 3.8) is 0 Å². The summed E-state index contributed by atoms with van der Waals surface area (Å²) in [7, 11) is 1.54. The Morgan fingerprint density at radius 2 is 1.97 bits per heavy atom. The number of anilines is 1. The van der Waals surface area contributed by atoms with Gasteiger partial charge in [0.05, 0.1) is 24.6 Å². The highest BCUT2D eigenvalue weighted by Crippen LogP contribution is 2.36. The van der Waals surface area contributed by atoms with Crippen LogP contribution in [0.5, 0.6) is 5.75 Å². The third-order valence-corrected chi connectivity index (χ3v) is 7.33. The van der Waals surface area contributed by atoms with Gasteiger partial charge in [0.15, 0.2) is 5.13 Å². The molecule has 10 heteroatoms. The Hall–Kier alpha value is -3.04. The first-order valence-electron chi connectivity index (χ1n) is 11.2. The predicted molar refractivity (Wildman–Crippen MR) is 131 cm³/mol. The van der Waals surface area contributed by atoms with Crippen molar-refractivity contribution < 1.29 is 14.3 Å². The number of fused-ring (bicyclic) bond motifs is 1. The maximum atomic E-state index is 13.3. The molecule has 1 saturated carbocycles. The van der Waals surface area contributed by atoms with Gasteiger partial charge >= 0.3 is 0 Å². The summed E-state index contributed by atoms with van der Waals surface area (Å²) in [6.45, 7) is 1.85. The van der Waals surface area contributed by atoms with Crippen molar-refractivity contribution in [3.8, 4) is 16.9 Å². The molecule has 1 atom stereocenters. The number of halogens is 1. The lowest BCUT2D eigenvalue weighted by molar-refractivity contribution is -0.125. The smallest absolute Gasteiger partial charge is 0.259 e. The van der Waals surface area contributed by atoms with Gasteiger partial charge in [0.1, 0.15) is 10.9 Å². The lowest BCUT2D eigenvalue weighted by Crippen LogP contribution is -2.35. The average molecular weight is 498 g/mol. The third kappa shape index (κ3) is 4.76. The Balaban J connectivity index is 1.38. The lowest BCUT2D eigenvalue weighted by atomic mass is 9.90. The van der Waals surface area contributed by atoms with Crippen molar-refractivity contribution >= 4 is 39.9 Å². The molecule has 0 aromatic carbocycles. The number of nitrogens with zero attached hydrogens (tertiary/aromatic N) is 3. The molecule has 0 radical (unpaired) electrons. The fraction of sp³-hybridized carbons (Fsp3) is 0.375. The maximum absolute atomic E-state index is 13.3. The van der Waals surface area contributed by atoms with E-state index in [1.165, 1.54) is 17.5 Å². The van der Waals surface area contributed by atoms with Crippen molar-refractivity contribution in [2.75, 3.05) is 12.4 Å². The number of hydrogen-bond acceptors (Lipinski definition) is 7. The van der Waals surface area contributed by atoms with Gasteiger partial charge < -0.3 is 10.1 Å². The SMILES string of the molecule is COc1cnc(Cl)cc1-c1cc(C)ncc1C(=O)Nc1nc2c(s1)C[C@H](C(=O)NC1CC1)CC2. The molecule has 2 aliphatic carbocycles. The molecule has 8 nitrogen and oxygen atoms in total. The summed E-state index contributed by atoms with van der Waals surface area (Å²) >= 11 is 7.56. The van der Waals surface area contributed by atoms with E-state index in [2.05, 4.69) is 25.6 Å². The van der Waals surface area contributed by atoms with Gasteiger partial charge in [0.25, 0.3) is 5.91 Å². The Labute approximate surface area is 206 Å². The number of aryl methyl sites for hydroxylation is 2. The van der Waals surface area contributed by atoms with E-state index in [9.17, 15) is 9.59 Å². The van der Waals surface area contributed by atoms with Crippen LogP contribution in [-0.4, -0.2) is 39.9 Å². The van der Waals surface area contributed by atoms with Crippen LogP contribution < -0.4 is 15.4 Å². The van der Waals surface area contributed by atoms with Crippen molar-refractivity contribution in [1.82, 2.24) is 20.3 Å². The standard InChI is InChI=1S/C24H24ClN5O3S/c1-12-7-15(16-9-21(25)27-11-19(16)33-2)17(10-26-12)23(32)30-24-29-18-6-3-13(8-20(18)34-24)22(31)28-14-4-5-14/h7,9-11,13-14H,3-6,8H2,1-2H3,(H,28,31)(H,29,30,32)/t13-/m1/s1. The minimum atomic E-state index is -0.327. The summed E-state index contributed by atoms with van der Waals surface area (Å²) in [5.41, 5.74) is 3.38. The Morgan fingerprint density at radius 1 is 1.15 bits per heavy atom. The summed E-state index contributed by atoms with van der Waals surface area (Å²) in [6.07, 6.45) is 7.39. The van der Waals surface area contributed by atoms with Gasteiger partial charge in [-0.3, -0.25) is 19.9 Å². The Bertz CT molecular complexity index is 1270. The summed E-state index contributed by atoms with van der Waals surface area (Å²) in [6, 6.07) is 3.84. The summed E-state index contributed by atoms with van der Waals surface area (Å²) < 4.78 is 5.44. The predicted octanol–water partition coefficient (Wildman–Crippen LogP) is 4.21. The van der Waals surface area contributed by atoms with Crippen LogP contribution in [0.15, 0.2) is 24.5 Å². The number of hydrogen-bond donors (Lipinski definition) is 2. The molecule has 3 heterocycles. The molecule has 3 aromatic heterocycles. The molecule has 2 aliphatic rings. The molecule has 2 N–H and O–H groups in total. The van der Waals surface area contributed by atoms with Crippen LogP contribution in [-0.2, 0) is 17.6 Å². The van der Waals surface area contributed by atoms with E-state index in [4.69, 9.17) is 16.3 Å². The first-order chi connectivity index (χ1) is 16.4. The van der Waals surface area contributed by atoms with Crippen LogP contribution >= 0.6 is 22.9 Å². The van der Waals surface area contributed by atoms with Gasteiger partial charge in [0, 0.05) is 39.9 Å².